The van der Waals surface area contributed by atoms with Crippen molar-refractivity contribution in [3.05, 3.63) is 35.9 Å². The normalized spacial score (nSPS) is 14.7. The maximum absolute atomic E-state index is 12.6. The molecule has 0 aliphatic carbocycles. The third kappa shape index (κ3) is 4.58. The molecule has 1 aliphatic rings. The summed E-state index contributed by atoms with van der Waals surface area (Å²) in [6.45, 7) is 4.61. The van der Waals surface area contributed by atoms with Gasteiger partial charge < -0.3 is 9.80 Å². The number of hydrogen-bond donors (Lipinski definition) is 0. The van der Waals surface area contributed by atoms with Crippen LogP contribution in [0.15, 0.2) is 30.3 Å². The Kier molecular flexibility index (Phi) is 6.44. The molecular formula is C18H26N2O2. The summed E-state index contributed by atoms with van der Waals surface area (Å²) in [4.78, 5) is 28.7. The fraction of sp³-hybridized carbons (Fsp3) is 0.556. The van der Waals surface area contributed by atoms with Crippen LogP contribution in [-0.4, -0.2) is 47.8 Å². The molecular weight excluding hydrogens is 276 g/mol. The van der Waals surface area contributed by atoms with Crippen LogP contribution in [0.2, 0.25) is 0 Å². The highest BCUT2D eigenvalue weighted by atomic mass is 16.2. The van der Waals surface area contributed by atoms with Crippen molar-refractivity contribution in [1.82, 2.24) is 9.80 Å². The van der Waals surface area contributed by atoms with Crippen LogP contribution in [0, 0.1) is 0 Å². The van der Waals surface area contributed by atoms with Crippen LogP contribution in [0.3, 0.4) is 0 Å². The minimum atomic E-state index is -0.0422. The van der Waals surface area contributed by atoms with E-state index in [1.165, 1.54) is 6.42 Å². The van der Waals surface area contributed by atoms with Gasteiger partial charge in [-0.15, -0.1) is 0 Å². The molecule has 2 amide bonds. The van der Waals surface area contributed by atoms with Gasteiger partial charge in [0.15, 0.2) is 0 Å². The largest absolute Gasteiger partial charge is 0.341 e. The maximum atomic E-state index is 12.6. The maximum Gasteiger partial charge on any atom is 0.254 e. The Morgan fingerprint density at radius 1 is 1.09 bits per heavy atom. The fourth-order valence-electron chi connectivity index (χ4n) is 2.77. The zero-order valence-electron chi connectivity index (χ0n) is 13.5. The van der Waals surface area contributed by atoms with Crippen molar-refractivity contribution in [1.29, 1.82) is 0 Å². The van der Waals surface area contributed by atoms with Crippen molar-refractivity contribution in [2.24, 2.45) is 0 Å². The van der Waals surface area contributed by atoms with Gasteiger partial charge in [-0.05, 0) is 37.8 Å². The van der Waals surface area contributed by atoms with Crippen molar-refractivity contribution < 1.29 is 9.59 Å². The molecule has 1 aromatic carbocycles. The zero-order chi connectivity index (χ0) is 15.8. The summed E-state index contributed by atoms with van der Waals surface area (Å²) < 4.78 is 0. The van der Waals surface area contributed by atoms with Crippen LogP contribution in [0.25, 0.3) is 0 Å². The number of nitrogens with zero attached hydrogens (tertiary/aromatic N) is 2. The van der Waals surface area contributed by atoms with Crippen LogP contribution in [0.4, 0.5) is 0 Å². The van der Waals surface area contributed by atoms with E-state index in [4.69, 9.17) is 0 Å². The molecule has 0 bridgehead atoms. The molecule has 0 radical (unpaired) electrons. The summed E-state index contributed by atoms with van der Waals surface area (Å²) in [5, 5.41) is 0. The third-order valence-electron chi connectivity index (χ3n) is 4.12. The number of likely N-dealkylation sites (tertiary alicyclic amines) is 1. The molecule has 120 valence electrons. The molecule has 1 aromatic rings. The summed E-state index contributed by atoms with van der Waals surface area (Å²) in [6.07, 6.45) is 5.29. The van der Waals surface area contributed by atoms with Crippen molar-refractivity contribution in [3.8, 4) is 0 Å². The molecule has 0 atom stereocenters. The smallest absolute Gasteiger partial charge is 0.254 e. The summed E-state index contributed by atoms with van der Waals surface area (Å²) in [7, 11) is 0. The number of piperidine rings is 1. The zero-order valence-corrected chi connectivity index (χ0v) is 13.5. The number of carbonyl (C=O) groups excluding carboxylic acids is 2. The Hall–Kier alpha value is -1.84. The monoisotopic (exact) mass is 302 g/mol. The predicted molar refractivity (Wildman–Crippen MR) is 87.7 cm³/mol. The summed E-state index contributed by atoms with van der Waals surface area (Å²) in [6, 6.07) is 9.24. The lowest BCUT2D eigenvalue weighted by atomic mass is 10.1. The van der Waals surface area contributed by atoms with E-state index in [1.807, 2.05) is 35.2 Å². The Morgan fingerprint density at radius 3 is 2.41 bits per heavy atom. The molecule has 0 aromatic heterocycles. The second-order valence-electron chi connectivity index (χ2n) is 5.89. The van der Waals surface area contributed by atoms with Crippen LogP contribution >= 0.6 is 0 Å². The number of amides is 2. The van der Waals surface area contributed by atoms with Crippen molar-refractivity contribution >= 4 is 11.8 Å². The molecule has 1 saturated heterocycles. The van der Waals surface area contributed by atoms with E-state index in [-0.39, 0.29) is 18.4 Å². The minimum absolute atomic E-state index is 0.0422. The molecule has 22 heavy (non-hydrogen) atoms. The first-order valence-corrected chi connectivity index (χ1v) is 8.34. The fourth-order valence-corrected chi connectivity index (χ4v) is 2.77. The molecule has 2 rings (SSSR count). The average molecular weight is 302 g/mol. The van der Waals surface area contributed by atoms with Gasteiger partial charge >= 0.3 is 0 Å². The van der Waals surface area contributed by atoms with Crippen molar-refractivity contribution in [2.45, 2.75) is 39.0 Å². The van der Waals surface area contributed by atoms with Crippen molar-refractivity contribution in [2.75, 3.05) is 26.2 Å². The van der Waals surface area contributed by atoms with E-state index in [9.17, 15) is 9.59 Å². The van der Waals surface area contributed by atoms with Gasteiger partial charge in [-0.25, -0.2) is 0 Å². The molecule has 1 fully saturated rings. The van der Waals surface area contributed by atoms with E-state index in [0.717, 1.165) is 38.8 Å². The van der Waals surface area contributed by atoms with Gasteiger partial charge in [0.2, 0.25) is 5.91 Å². The van der Waals surface area contributed by atoms with E-state index < -0.39 is 0 Å². The van der Waals surface area contributed by atoms with Crippen LogP contribution in [0.5, 0.6) is 0 Å². The number of unbranched alkanes of at least 4 members (excludes halogenated alkanes) is 1. The van der Waals surface area contributed by atoms with Gasteiger partial charge in [0.05, 0.1) is 0 Å². The molecule has 0 N–H and O–H groups in total. The van der Waals surface area contributed by atoms with E-state index >= 15 is 0 Å². The molecule has 4 heteroatoms. The Morgan fingerprint density at radius 2 is 1.77 bits per heavy atom. The lowest BCUT2D eigenvalue weighted by molar-refractivity contribution is -0.132. The highest BCUT2D eigenvalue weighted by Crippen LogP contribution is 2.11. The minimum Gasteiger partial charge on any atom is -0.341 e. The van der Waals surface area contributed by atoms with E-state index in [2.05, 4.69) is 6.92 Å². The second kappa shape index (κ2) is 8.57. The quantitative estimate of drug-likeness (QED) is 0.810. The Bertz CT molecular complexity index is 481. The first-order valence-electron chi connectivity index (χ1n) is 8.34. The van der Waals surface area contributed by atoms with Gasteiger partial charge in [-0.1, -0.05) is 31.5 Å². The highest BCUT2D eigenvalue weighted by molar-refractivity contribution is 5.96. The van der Waals surface area contributed by atoms with Gasteiger partial charge in [-0.3, -0.25) is 9.59 Å². The lowest BCUT2D eigenvalue weighted by Gasteiger charge is -2.30. The summed E-state index contributed by atoms with van der Waals surface area (Å²) >= 11 is 0. The van der Waals surface area contributed by atoms with Gasteiger partial charge in [0, 0.05) is 25.2 Å². The Balaban J connectivity index is 2.02. The number of carbonyl (C=O) groups is 2. The van der Waals surface area contributed by atoms with Crippen LogP contribution < -0.4 is 0 Å². The SMILES string of the molecule is CCCCN(CC(=O)N1CCCCC1)C(=O)c1ccccc1. The first kappa shape index (κ1) is 16.5. The van der Waals surface area contributed by atoms with E-state index in [1.54, 1.807) is 4.90 Å². The predicted octanol–water partition coefficient (Wildman–Crippen LogP) is 2.94. The summed E-state index contributed by atoms with van der Waals surface area (Å²) in [5.74, 6) is 0.0412. The van der Waals surface area contributed by atoms with Gasteiger partial charge in [-0.2, -0.15) is 0 Å². The molecule has 1 heterocycles. The average Bonchev–Trinajstić information content (AvgIpc) is 2.59. The summed E-state index contributed by atoms with van der Waals surface area (Å²) in [5.41, 5.74) is 0.657. The molecule has 0 saturated carbocycles. The molecule has 1 aliphatic heterocycles. The first-order chi connectivity index (χ1) is 10.7. The number of hydrogen-bond acceptors (Lipinski definition) is 2. The van der Waals surface area contributed by atoms with Crippen LogP contribution in [-0.2, 0) is 4.79 Å². The standard InChI is InChI=1S/C18H26N2O2/c1-2-3-12-20(18(22)16-10-6-4-7-11-16)15-17(21)19-13-8-5-9-14-19/h4,6-7,10-11H,2-3,5,8-9,12-15H2,1H3. The van der Waals surface area contributed by atoms with Crippen LogP contribution in [0.1, 0.15) is 49.4 Å². The molecule has 0 unspecified atom stereocenters. The van der Waals surface area contributed by atoms with E-state index in [0.29, 0.717) is 12.1 Å². The topological polar surface area (TPSA) is 40.6 Å². The molecule has 4 nitrogen and oxygen atoms in total. The lowest BCUT2D eigenvalue weighted by Crippen LogP contribution is -2.45. The third-order valence-corrected chi connectivity index (χ3v) is 4.12. The van der Waals surface area contributed by atoms with Gasteiger partial charge in [0.1, 0.15) is 6.54 Å². The number of benzene rings is 1. The Labute approximate surface area is 133 Å². The number of rotatable bonds is 6. The molecule has 0 spiro atoms. The second-order valence-corrected chi connectivity index (χ2v) is 5.89. The van der Waals surface area contributed by atoms with Gasteiger partial charge in [0.25, 0.3) is 5.91 Å². The highest BCUT2D eigenvalue weighted by Gasteiger charge is 2.22. The van der Waals surface area contributed by atoms with Crippen molar-refractivity contribution in [3.63, 3.8) is 0 Å².